The van der Waals surface area contributed by atoms with E-state index >= 15 is 0 Å². The second-order valence-corrected chi connectivity index (χ2v) is 7.29. The van der Waals surface area contributed by atoms with E-state index in [-0.39, 0.29) is 29.2 Å². The molecule has 0 spiro atoms. The number of hydrogen-bond acceptors (Lipinski definition) is 3. The van der Waals surface area contributed by atoms with Gasteiger partial charge in [-0.3, -0.25) is 9.59 Å². The molecule has 4 nitrogen and oxygen atoms in total. The fourth-order valence-electron chi connectivity index (χ4n) is 3.92. The Labute approximate surface area is 124 Å². The molecule has 1 unspecified atom stereocenters. The van der Waals surface area contributed by atoms with Crippen LogP contribution in [0.2, 0.25) is 0 Å². The standard InChI is InChI=1S/C15H23ClO4/c1-14(2)10-4-5-15(14,3)11(7-10)20-12(17)6-9(8-16)13(18)19/h9-11H,4-8H2,1-3H3,(H,18,19)/t9?,10-,11-,15+/m1/s1. The Bertz CT molecular complexity index is 420. The maximum atomic E-state index is 12.0. The summed E-state index contributed by atoms with van der Waals surface area (Å²) >= 11 is 5.57. The van der Waals surface area contributed by atoms with Crippen LogP contribution in [0, 0.1) is 22.7 Å². The summed E-state index contributed by atoms with van der Waals surface area (Å²) in [7, 11) is 0. The van der Waals surface area contributed by atoms with E-state index in [2.05, 4.69) is 20.8 Å². The number of carbonyl (C=O) groups excluding carboxylic acids is 1. The van der Waals surface area contributed by atoms with Gasteiger partial charge in [0.25, 0.3) is 0 Å². The second kappa shape index (κ2) is 5.21. The van der Waals surface area contributed by atoms with Gasteiger partial charge in [0.1, 0.15) is 6.10 Å². The highest BCUT2D eigenvalue weighted by atomic mass is 35.5. The molecule has 2 rings (SSSR count). The smallest absolute Gasteiger partial charge is 0.308 e. The van der Waals surface area contributed by atoms with Gasteiger partial charge in [-0.15, -0.1) is 11.6 Å². The molecule has 1 N–H and O–H groups in total. The monoisotopic (exact) mass is 302 g/mol. The number of alkyl halides is 1. The first-order chi connectivity index (χ1) is 9.22. The number of carboxylic acids is 1. The third-order valence-electron chi connectivity index (χ3n) is 5.94. The van der Waals surface area contributed by atoms with Gasteiger partial charge in [-0.2, -0.15) is 0 Å². The molecule has 2 saturated carbocycles. The predicted octanol–water partition coefficient (Wildman–Crippen LogP) is 3.07. The third kappa shape index (κ3) is 2.32. The molecular formula is C15H23ClO4. The average molecular weight is 303 g/mol. The molecular weight excluding hydrogens is 280 g/mol. The van der Waals surface area contributed by atoms with Gasteiger partial charge in [-0.25, -0.2) is 0 Å². The Morgan fingerprint density at radius 3 is 2.45 bits per heavy atom. The SMILES string of the molecule is CC1(C)[C@@H]2CC[C@@]1(C)[C@H](OC(=O)CC(CCl)C(=O)O)C2. The fraction of sp³-hybridized carbons (Fsp3) is 0.867. The van der Waals surface area contributed by atoms with E-state index in [4.69, 9.17) is 21.4 Å². The summed E-state index contributed by atoms with van der Waals surface area (Å²) in [6.45, 7) is 6.68. The number of fused-ring (bicyclic) bond motifs is 2. The van der Waals surface area contributed by atoms with Crippen LogP contribution < -0.4 is 0 Å². The highest BCUT2D eigenvalue weighted by Crippen LogP contribution is 2.66. The number of halogens is 1. The molecule has 2 fully saturated rings. The third-order valence-corrected chi connectivity index (χ3v) is 6.31. The van der Waals surface area contributed by atoms with E-state index in [0.29, 0.717) is 5.92 Å². The first kappa shape index (κ1) is 15.6. The lowest BCUT2D eigenvalue weighted by Gasteiger charge is -2.38. The molecule has 0 heterocycles. The Balaban J connectivity index is 1.98. The van der Waals surface area contributed by atoms with Gasteiger partial charge in [0, 0.05) is 11.3 Å². The minimum absolute atomic E-state index is 0.00696. The van der Waals surface area contributed by atoms with Gasteiger partial charge in [-0.1, -0.05) is 20.8 Å². The van der Waals surface area contributed by atoms with Crippen molar-refractivity contribution in [3.63, 3.8) is 0 Å². The molecule has 5 heteroatoms. The fourth-order valence-corrected chi connectivity index (χ4v) is 4.17. The highest BCUT2D eigenvalue weighted by molar-refractivity contribution is 6.19. The summed E-state index contributed by atoms with van der Waals surface area (Å²) in [5, 5.41) is 8.93. The number of carboxylic acid groups (broad SMARTS) is 1. The molecule has 0 aromatic carbocycles. The van der Waals surface area contributed by atoms with Gasteiger partial charge in [0.15, 0.2) is 0 Å². The van der Waals surface area contributed by atoms with Crippen LogP contribution in [-0.2, 0) is 14.3 Å². The van der Waals surface area contributed by atoms with Crippen molar-refractivity contribution in [3.8, 4) is 0 Å². The molecule has 0 saturated heterocycles. The van der Waals surface area contributed by atoms with Crippen molar-refractivity contribution >= 4 is 23.5 Å². The van der Waals surface area contributed by atoms with Gasteiger partial charge < -0.3 is 9.84 Å². The van der Waals surface area contributed by atoms with Gasteiger partial charge in [0.2, 0.25) is 0 Å². The van der Waals surface area contributed by atoms with Crippen LogP contribution in [0.5, 0.6) is 0 Å². The van der Waals surface area contributed by atoms with Crippen molar-refractivity contribution in [1.29, 1.82) is 0 Å². The molecule has 0 aromatic heterocycles. The molecule has 2 aliphatic rings. The largest absolute Gasteiger partial charge is 0.481 e. The second-order valence-electron chi connectivity index (χ2n) is 6.98. The zero-order valence-electron chi connectivity index (χ0n) is 12.3. The molecule has 114 valence electrons. The lowest BCUT2D eigenvalue weighted by Crippen LogP contribution is -2.38. The molecule has 0 radical (unpaired) electrons. The maximum absolute atomic E-state index is 12.0. The summed E-state index contributed by atoms with van der Waals surface area (Å²) in [6.07, 6.45) is 2.93. The van der Waals surface area contributed by atoms with Crippen molar-refractivity contribution in [3.05, 3.63) is 0 Å². The average Bonchev–Trinajstić information content (AvgIpc) is 2.68. The van der Waals surface area contributed by atoms with Crippen LogP contribution in [0.1, 0.15) is 46.5 Å². The first-order valence-corrected chi connectivity index (χ1v) is 7.74. The number of esters is 1. The van der Waals surface area contributed by atoms with Crippen LogP contribution >= 0.6 is 11.6 Å². The van der Waals surface area contributed by atoms with Crippen molar-refractivity contribution in [2.24, 2.45) is 22.7 Å². The van der Waals surface area contributed by atoms with E-state index in [9.17, 15) is 9.59 Å². The summed E-state index contributed by atoms with van der Waals surface area (Å²) < 4.78 is 5.61. The first-order valence-electron chi connectivity index (χ1n) is 7.20. The van der Waals surface area contributed by atoms with Crippen molar-refractivity contribution < 1.29 is 19.4 Å². The van der Waals surface area contributed by atoms with E-state index in [1.165, 1.54) is 6.42 Å². The van der Waals surface area contributed by atoms with Crippen LogP contribution in [0.25, 0.3) is 0 Å². The molecule has 4 atom stereocenters. The van der Waals surface area contributed by atoms with Gasteiger partial charge >= 0.3 is 11.9 Å². The highest BCUT2D eigenvalue weighted by Gasteiger charge is 2.62. The Hall–Kier alpha value is -0.770. The van der Waals surface area contributed by atoms with E-state index < -0.39 is 17.9 Å². The molecule has 0 aliphatic heterocycles. The Morgan fingerprint density at radius 1 is 1.40 bits per heavy atom. The van der Waals surface area contributed by atoms with Crippen LogP contribution in [0.4, 0.5) is 0 Å². The van der Waals surface area contributed by atoms with Crippen LogP contribution in [0.3, 0.4) is 0 Å². The topological polar surface area (TPSA) is 63.6 Å². The van der Waals surface area contributed by atoms with Crippen molar-refractivity contribution in [2.75, 3.05) is 5.88 Å². The predicted molar refractivity (Wildman–Crippen MR) is 75.6 cm³/mol. The Kier molecular flexibility index (Phi) is 4.07. The molecule has 0 amide bonds. The number of ether oxygens (including phenoxy) is 1. The lowest BCUT2D eigenvalue weighted by molar-refractivity contribution is -0.160. The quantitative estimate of drug-likeness (QED) is 0.626. The summed E-state index contributed by atoms with van der Waals surface area (Å²) in [6, 6.07) is 0. The summed E-state index contributed by atoms with van der Waals surface area (Å²) in [5.74, 6) is -1.82. The maximum Gasteiger partial charge on any atom is 0.308 e. The molecule has 2 bridgehead atoms. The van der Waals surface area contributed by atoms with Gasteiger partial charge in [-0.05, 0) is 30.6 Å². The zero-order valence-corrected chi connectivity index (χ0v) is 13.1. The minimum atomic E-state index is -1.04. The van der Waals surface area contributed by atoms with Crippen LogP contribution in [-0.4, -0.2) is 29.0 Å². The van der Waals surface area contributed by atoms with Crippen molar-refractivity contribution in [2.45, 2.75) is 52.6 Å². The Morgan fingerprint density at radius 2 is 2.05 bits per heavy atom. The number of hydrogen-bond donors (Lipinski definition) is 1. The molecule has 0 aromatic rings. The molecule has 20 heavy (non-hydrogen) atoms. The molecule has 2 aliphatic carbocycles. The number of carbonyl (C=O) groups is 2. The normalized spacial score (nSPS) is 35.8. The van der Waals surface area contributed by atoms with E-state index in [0.717, 1.165) is 12.8 Å². The minimum Gasteiger partial charge on any atom is -0.481 e. The van der Waals surface area contributed by atoms with E-state index in [1.807, 2.05) is 0 Å². The van der Waals surface area contributed by atoms with Gasteiger partial charge in [0.05, 0.1) is 12.3 Å². The van der Waals surface area contributed by atoms with E-state index in [1.54, 1.807) is 0 Å². The summed E-state index contributed by atoms with van der Waals surface area (Å²) in [4.78, 5) is 22.9. The lowest BCUT2D eigenvalue weighted by atomic mass is 9.70. The summed E-state index contributed by atoms with van der Waals surface area (Å²) in [5.41, 5.74) is 0.184. The zero-order chi connectivity index (χ0) is 15.1. The van der Waals surface area contributed by atoms with Crippen molar-refractivity contribution in [1.82, 2.24) is 0 Å². The number of aliphatic carboxylic acids is 1. The van der Waals surface area contributed by atoms with Crippen LogP contribution in [0.15, 0.2) is 0 Å². The number of rotatable bonds is 5.